The van der Waals surface area contributed by atoms with Gasteiger partial charge in [0.25, 0.3) is 0 Å². The van der Waals surface area contributed by atoms with Crippen LogP contribution in [-0.4, -0.2) is 5.11 Å². The number of halogens is 2. The van der Waals surface area contributed by atoms with Crippen LogP contribution in [0.25, 0.3) is 0 Å². The summed E-state index contributed by atoms with van der Waals surface area (Å²) in [5.41, 5.74) is -0.868. The lowest BCUT2D eigenvalue weighted by molar-refractivity contribution is -0.0157. The molecular weight excluding hydrogens is 259 g/mol. The van der Waals surface area contributed by atoms with E-state index in [9.17, 15) is 9.50 Å². The Morgan fingerprint density at radius 3 is 2.60 bits per heavy atom. The number of rotatable bonds is 2. The zero-order valence-electron chi connectivity index (χ0n) is 8.85. The van der Waals surface area contributed by atoms with Gasteiger partial charge in [-0.2, -0.15) is 0 Å². The van der Waals surface area contributed by atoms with Gasteiger partial charge in [-0.3, -0.25) is 0 Å². The Kier molecular flexibility index (Phi) is 2.43. The number of aliphatic hydroxyl groups is 1. The second-order valence-corrected chi connectivity index (χ2v) is 5.67. The lowest BCUT2D eigenvalue weighted by Gasteiger charge is -2.31. The smallest absolute Gasteiger partial charge is 0.129 e. The van der Waals surface area contributed by atoms with Gasteiger partial charge in [0.15, 0.2) is 0 Å². The molecule has 2 rings (SSSR count). The second-order valence-electron chi connectivity index (χ2n) is 4.76. The van der Waals surface area contributed by atoms with Crippen molar-refractivity contribution in [1.82, 2.24) is 0 Å². The molecule has 0 spiro atoms. The van der Waals surface area contributed by atoms with Crippen molar-refractivity contribution in [2.45, 2.75) is 32.3 Å². The van der Waals surface area contributed by atoms with Crippen molar-refractivity contribution in [2.24, 2.45) is 5.41 Å². The maximum absolute atomic E-state index is 13.6. The van der Waals surface area contributed by atoms with Crippen molar-refractivity contribution < 1.29 is 9.50 Å². The first-order valence-corrected chi connectivity index (χ1v) is 5.84. The molecule has 1 aromatic rings. The third kappa shape index (κ3) is 1.72. The van der Waals surface area contributed by atoms with Crippen molar-refractivity contribution in [1.29, 1.82) is 0 Å². The highest BCUT2D eigenvalue weighted by molar-refractivity contribution is 9.10. The predicted molar refractivity (Wildman–Crippen MR) is 61.0 cm³/mol. The molecule has 1 aliphatic rings. The van der Waals surface area contributed by atoms with E-state index in [2.05, 4.69) is 15.9 Å². The molecule has 0 radical (unpaired) electrons. The van der Waals surface area contributed by atoms with Crippen molar-refractivity contribution in [3.8, 4) is 0 Å². The standard InChI is InChI=1S/C12H14BrFO/c1-11(5-6-11)12(2,15)9-7-8(13)3-4-10(9)14/h3-4,7,15H,5-6H2,1-2H3. The maximum atomic E-state index is 13.6. The summed E-state index contributed by atoms with van der Waals surface area (Å²) in [4.78, 5) is 0. The first kappa shape index (κ1) is 11.1. The van der Waals surface area contributed by atoms with Crippen molar-refractivity contribution in [3.05, 3.63) is 34.1 Å². The summed E-state index contributed by atoms with van der Waals surface area (Å²) in [7, 11) is 0. The summed E-state index contributed by atoms with van der Waals surface area (Å²) in [6.07, 6.45) is 1.90. The van der Waals surface area contributed by atoms with Gasteiger partial charge in [0.05, 0.1) is 5.60 Å². The molecule has 0 bridgehead atoms. The first-order chi connectivity index (χ1) is 6.87. The van der Waals surface area contributed by atoms with Crippen molar-refractivity contribution >= 4 is 15.9 Å². The minimum absolute atomic E-state index is 0.172. The van der Waals surface area contributed by atoms with Crippen LogP contribution < -0.4 is 0 Å². The molecule has 82 valence electrons. The molecule has 1 atom stereocenters. The van der Waals surface area contributed by atoms with E-state index in [4.69, 9.17) is 0 Å². The van der Waals surface area contributed by atoms with Crippen LogP contribution in [0.5, 0.6) is 0 Å². The van der Waals surface area contributed by atoms with Crippen LogP contribution in [0, 0.1) is 11.2 Å². The number of benzene rings is 1. The van der Waals surface area contributed by atoms with Crippen LogP contribution in [0.15, 0.2) is 22.7 Å². The van der Waals surface area contributed by atoms with E-state index < -0.39 is 5.60 Å². The summed E-state index contributed by atoms with van der Waals surface area (Å²) in [5, 5.41) is 10.4. The molecule has 0 aliphatic heterocycles. The van der Waals surface area contributed by atoms with Gasteiger partial charge in [-0.25, -0.2) is 4.39 Å². The molecule has 0 amide bonds. The maximum Gasteiger partial charge on any atom is 0.129 e. The highest BCUT2D eigenvalue weighted by atomic mass is 79.9. The quantitative estimate of drug-likeness (QED) is 0.873. The van der Waals surface area contributed by atoms with Gasteiger partial charge in [-0.15, -0.1) is 0 Å². The van der Waals surface area contributed by atoms with E-state index in [0.717, 1.165) is 17.3 Å². The summed E-state index contributed by atoms with van der Waals surface area (Å²) in [5.74, 6) is -0.337. The van der Waals surface area contributed by atoms with E-state index in [1.807, 2.05) is 6.92 Å². The van der Waals surface area contributed by atoms with Crippen LogP contribution in [0.3, 0.4) is 0 Å². The van der Waals surface area contributed by atoms with Gasteiger partial charge >= 0.3 is 0 Å². The van der Waals surface area contributed by atoms with E-state index in [0.29, 0.717) is 5.56 Å². The first-order valence-electron chi connectivity index (χ1n) is 5.05. The van der Waals surface area contributed by atoms with Gasteiger partial charge in [-0.05, 0) is 38.0 Å². The lowest BCUT2D eigenvalue weighted by Crippen LogP contribution is -2.32. The Bertz CT molecular complexity index is 397. The fourth-order valence-electron chi connectivity index (χ4n) is 1.87. The van der Waals surface area contributed by atoms with E-state index >= 15 is 0 Å². The highest BCUT2D eigenvalue weighted by Gasteiger charge is 2.53. The third-order valence-corrected chi connectivity index (χ3v) is 4.12. The Morgan fingerprint density at radius 2 is 2.07 bits per heavy atom. The minimum atomic E-state index is -1.08. The number of hydrogen-bond acceptors (Lipinski definition) is 1. The SMILES string of the molecule is CC1(C(C)(O)c2cc(Br)ccc2F)CC1. The molecule has 0 heterocycles. The van der Waals surface area contributed by atoms with Crippen LogP contribution in [0.2, 0.25) is 0 Å². The Morgan fingerprint density at radius 1 is 1.47 bits per heavy atom. The normalized spacial score (nSPS) is 22.2. The van der Waals surface area contributed by atoms with E-state index in [1.165, 1.54) is 6.07 Å². The highest BCUT2D eigenvalue weighted by Crippen LogP contribution is 2.58. The van der Waals surface area contributed by atoms with Gasteiger partial charge in [-0.1, -0.05) is 22.9 Å². The molecule has 1 nitrogen and oxygen atoms in total. The molecule has 0 aromatic heterocycles. The fourth-order valence-corrected chi connectivity index (χ4v) is 2.23. The molecule has 1 aliphatic carbocycles. The molecule has 1 fully saturated rings. The van der Waals surface area contributed by atoms with E-state index in [-0.39, 0.29) is 11.2 Å². The molecule has 0 saturated heterocycles. The Labute approximate surface area is 97.4 Å². The Balaban J connectivity index is 2.48. The van der Waals surface area contributed by atoms with Crippen LogP contribution in [0.4, 0.5) is 4.39 Å². The molecule has 1 unspecified atom stereocenters. The minimum Gasteiger partial charge on any atom is -0.385 e. The van der Waals surface area contributed by atoms with Crippen LogP contribution in [-0.2, 0) is 5.60 Å². The largest absolute Gasteiger partial charge is 0.385 e. The van der Waals surface area contributed by atoms with Crippen LogP contribution >= 0.6 is 15.9 Å². The van der Waals surface area contributed by atoms with Crippen molar-refractivity contribution in [2.75, 3.05) is 0 Å². The molecular formula is C12H14BrFO. The second kappa shape index (κ2) is 3.29. The van der Waals surface area contributed by atoms with Gasteiger partial charge in [0, 0.05) is 15.5 Å². The zero-order chi connectivity index (χ0) is 11.3. The number of hydrogen-bond donors (Lipinski definition) is 1. The van der Waals surface area contributed by atoms with Gasteiger partial charge in [0.2, 0.25) is 0 Å². The average Bonchev–Trinajstić information content (AvgIpc) is 2.89. The molecule has 1 N–H and O–H groups in total. The summed E-state index contributed by atoms with van der Waals surface area (Å²) in [6, 6.07) is 4.70. The van der Waals surface area contributed by atoms with E-state index in [1.54, 1.807) is 19.1 Å². The molecule has 15 heavy (non-hydrogen) atoms. The summed E-state index contributed by atoms with van der Waals surface area (Å²) in [6.45, 7) is 3.69. The average molecular weight is 273 g/mol. The monoisotopic (exact) mass is 272 g/mol. The molecule has 1 aromatic carbocycles. The lowest BCUT2D eigenvalue weighted by atomic mass is 9.81. The Hall–Kier alpha value is -0.410. The third-order valence-electron chi connectivity index (χ3n) is 3.63. The molecule has 3 heteroatoms. The van der Waals surface area contributed by atoms with Gasteiger partial charge < -0.3 is 5.11 Å². The van der Waals surface area contributed by atoms with Crippen molar-refractivity contribution in [3.63, 3.8) is 0 Å². The van der Waals surface area contributed by atoms with Gasteiger partial charge in [0.1, 0.15) is 5.82 Å². The summed E-state index contributed by atoms with van der Waals surface area (Å²) < 4.78 is 14.4. The van der Waals surface area contributed by atoms with Crippen LogP contribution in [0.1, 0.15) is 32.3 Å². The zero-order valence-corrected chi connectivity index (χ0v) is 10.4. The fraction of sp³-hybridized carbons (Fsp3) is 0.500. The molecule has 1 saturated carbocycles. The topological polar surface area (TPSA) is 20.2 Å². The summed E-state index contributed by atoms with van der Waals surface area (Å²) >= 11 is 3.30. The predicted octanol–water partition coefficient (Wildman–Crippen LogP) is 3.60.